The van der Waals surface area contributed by atoms with Crippen LogP contribution in [0.1, 0.15) is 0 Å². The number of rotatable bonds is 3. The zero-order valence-electron chi connectivity index (χ0n) is 9.66. The van der Waals surface area contributed by atoms with Crippen molar-refractivity contribution in [1.29, 1.82) is 0 Å². The first kappa shape index (κ1) is 13.8. The van der Waals surface area contributed by atoms with E-state index in [9.17, 15) is 27.7 Å². The lowest BCUT2D eigenvalue weighted by molar-refractivity contribution is -0.385. The third-order valence-corrected chi connectivity index (χ3v) is 2.37. The molecule has 0 aliphatic carbocycles. The van der Waals surface area contributed by atoms with Crippen molar-refractivity contribution in [3.63, 3.8) is 0 Å². The van der Waals surface area contributed by atoms with E-state index in [4.69, 9.17) is 0 Å². The fraction of sp³-hybridized carbons (Fsp3) is 0. The van der Waals surface area contributed by atoms with Crippen LogP contribution in [0.15, 0.2) is 30.3 Å². The number of nitrogens with one attached hydrogen (secondary N) is 1. The van der Waals surface area contributed by atoms with Gasteiger partial charge in [0.05, 0.1) is 11.0 Å². The molecule has 2 rings (SSSR count). The van der Waals surface area contributed by atoms with Crippen LogP contribution in [-0.4, -0.2) is 4.92 Å². The SMILES string of the molecule is O=[N+]([O-])c1cc(F)cc(Nc2cc(F)c(F)c(F)c2)c1. The van der Waals surface area contributed by atoms with Crippen molar-refractivity contribution < 1.29 is 22.5 Å². The van der Waals surface area contributed by atoms with Gasteiger partial charge in [-0.15, -0.1) is 0 Å². The molecule has 20 heavy (non-hydrogen) atoms. The van der Waals surface area contributed by atoms with Crippen LogP contribution in [0, 0.1) is 33.4 Å². The highest BCUT2D eigenvalue weighted by Gasteiger charge is 2.13. The standard InChI is InChI=1S/C12H6F4N2O2/c13-6-1-7(3-9(2-6)18(19)20)17-8-4-10(14)12(16)11(15)5-8/h1-5,17H. The zero-order valence-corrected chi connectivity index (χ0v) is 9.66. The van der Waals surface area contributed by atoms with E-state index in [1.165, 1.54) is 0 Å². The molecule has 2 aromatic carbocycles. The summed E-state index contributed by atoms with van der Waals surface area (Å²) in [5.41, 5.74) is -0.834. The Balaban J connectivity index is 2.37. The van der Waals surface area contributed by atoms with Crippen molar-refractivity contribution in [3.05, 3.63) is 63.7 Å². The maximum absolute atomic E-state index is 13.2. The molecule has 0 aromatic heterocycles. The second-order valence-corrected chi connectivity index (χ2v) is 3.83. The van der Waals surface area contributed by atoms with E-state index < -0.39 is 33.9 Å². The maximum Gasteiger partial charge on any atom is 0.274 e. The molecule has 0 aliphatic rings. The molecule has 8 heteroatoms. The molecule has 0 saturated heterocycles. The summed E-state index contributed by atoms with van der Waals surface area (Å²) in [6, 6.07) is 3.86. The summed E-state index contributed by atoms with van der Waals surface area (Å²) in [6.45, 7) is 0. The highest BCUT2D eigenvalue weighted by molar-refractivity contribution is 5.62. The van der Waals surface area contributed by atoms with Crippen molar-refractivity contribution in [1.82, 2.24) is 0 Å². The number of nitro groups is 1. The van der Waals surface area contributed by atoms with Crippen molar-refractivity contribution in [2.75, 3.05) is 5.32 Å². The lowest BCUT2D eigenvalue weighted by Crippen LogP contribution is -1.98. The molecule has 0 unspecified atom stereocenters. The van der Waals surface area contributed by atoms with Gasteiger partial charge in [0.25, 0.3) is 5.69 Å². The average molecular weight is 286 g/mol. The predicted octanol–water partition coefficient (Wildman–Crippen LogP) is 3.89. The van der Waals surface area contributed by atoms with Gasteiger partial charge >= 0.3 is 0 Å². The van der Waals surface area contributed by atoms with E-state index >= 15 is 0 Å². The molecular weight excluding hydrogens is 280 g/mol. The van der Waals surface area contributed by atoms with Gasteiger partial charge in [-0.05, 0) is 6.07 Å². The molecule has 2 aromatic rings. The first-order chi connectivity index (χ1) is 9.36. The Morgan fingerprint density at radius 1 is 0.900 bits per heavy atom. The summed E-state index contributed by atoms with van der Waals surface area (Å²) in [7, 11) is 0. The quantitative estimate of drug-likeness (QED) is 0.403. The van der Waals surface area contributed by atoms with Crippen LogP contribution in [-0.2, 0) is 0 Å². The van der Waals surface area contributed by atoms with Crippen LogP contribution in [0.2, 0.25) is 0 Å². The van der Waals surface area contributed by atoms with Crippen LogP contribution in [0.4, 0.5) is 34.6 Å². The second-order valence-electron chi connectivity index (χ2n) is 3.83. The van der Waals surface area contributed by atoms with Crippen LogP contribution >= 0.6 is 0 Å². The summed E-state index contributed by atoms with van der Waals surface area (Å²) in [6.07, 6.45) is 0. The number of nitro benzene ring substituents is 1. The van der Waals surface area contributed by atoms with Crippen molar-refractivity contribution >= 4 is 17.1 Å². The highest BCUT2D eigenvalue weighted by Crippen LogP contribution is 2.25. The minimum atomic E-state index is -1.64. The second kappa shape index (κ2) is 5.16. The first-order valence-corrected chi connectivity index (χ1v) is 5.23. The highest BCUT2D eigenvalue weighted by atomic mass is 19.2. The molecule has 0 spiro atoms. The molecule has 104 valence electrons. The monoisotopic (exact) mass is 286 g/mol. The molecule has 0 bridgehead atoms. The normalized spacial score (nSPS) is 10.4. The summed E-state index contributed by atoms with van der Waals surface area (Å²) in [5.74, 6) is -5.40. The maximum atomic E-state index is 13.2. The average Bonchev–Trinajstić information content (AvgIpc) is 2.35. The lowest BCUT2D eigenvalue weighted by Gasteiger charge is -2.07. The van der Waals surface area contributed by atoms with Gasteiger partial charge in [0.1, 0.15) is 5.82 Å². The number of nitrogens with zero attached hydrogens (tertiary/aromatic N) is 1. The van der Waals surface area contributed by atoms with Crippen LogP contribution < -0.4 is 5.32 Å². The molecule has 0 amide bonds. The van der Waals surface area contributed by atoms with E-state index in [1.54, 1.807) is 0 Å². The van der Waals surface area contributed by atoms with Crippen molar-refractivity contribution in [2.45, 2.75) is 0 Å². The summed E-state index contributed by atoms with van der Waals surface area (Å²) < 4.78 is 51.9. The number of halogens is 4. The molecule has 0 heterocycles. The summed E-state index contributed by atoms with van der Waals surface area (Å²) in [5, 5.41) is 12.9. The Hall–Kier alpha value is -2.64. The number of hydrogen-bond acceptors (Lipinski definition) is 3. The fourth-order valence-electron chi connectivity index (χ4n) is 1.55. The minimum Gasteiger partial charge on any atom is -0.355 e. The van der Waals surface area contributed by atoms with Gasteiger partial charge in [-0.1, -0.05) is 0 Å². The number of hydrogen-bond donors (Lipinski definition) is 1. The van der Waals surface area contributed by atoms with Gasteiger partial charge in [-0.3, -0.25) is 10.1 Å². The zero-order chi connectivity index (χ0) is 14.9. The molecule has 0 aliphatic heterocycles. The van der Waals surface area contributed by atoms with E-state index in [0.717, 1.165) is 12.1 Å². The summed E-state index contributed by atoms with van der Waals surface area (Å²) in [4.78, 5) is 9.73. The minimum absolute atomic E-state index is 0.0953. The van der Waals surface area contributed by atoms with E-state index in [0.29, 0.717) is 18.2 Å². The number of anilines is 2. The van der Waals surface area contributed by atoms with Gasteiger partial charge in [0.15, 0.2) is 17.5 Å². The van der Waals surface area contributed by atoms with Crippen LogP contribution in [0.25, 0.3) is 0 Å². The Morgan fingerprint density at radius 3 is 2.00 bits per heavy atom. The Labute approximate surface area is 109 Å². The van der Waals surface area contributed by atoms with E-state index in [2.05, 4.69) is 5.32 Å². The van der Waals surface area contributed by atoms with Gasteiger partial charge in [0.2, 0.25) is 0 Å². The summed E-state index contributed by atoms with van der Waals surface area (Å²) >= 11 is 0. The predicted molar refractivity (Wildman–Crippen MR) is 62.7 cm³/mol. The largest absolute Gasteiger partial charge is 0.355 e. The molecule has 0 saturated carbocycles. The molecule has 0 fully saturated rings. The third-order valence-electron chi connectivity index (χ3n) is 2.37. The van der Waals surface area contributed by atoms with Gasteiger partial charge in [-0.2, -0.15) is 0 Å². The fourth-order valence-corrected chi connectivity index (χ4v) is 1.55. The van der Waals surface area contributed by atoms with E-state index in [1.807, 2.05) is 0 Å². The first-order valence-electron chi connectivity index (χ1n) is 5.23. The lowest BCUT2D eigenvalue weighted by atomic mass is 10.2. The molecule has 1 N–H and O–H groups in total. The van der Waals surface area contributed by atoms with Gasteiger partial charge in [0, 0.05) is 29.6 Å². The number of non-ortho nitro benzene ring substituents is 1. The van der Waals surface area contributed by atoms with Gasteiger partial charge in [-0.25, -0.2) is 17.6 Å². The Morgan fingerprint density at radius 2 is 1.45 bits per heavy atom. The van der Waals surface area contributed by atoms with Gasteiger partial charge < -0.3 is 5.32 Å². The van der Waals surface area contributed by atoms with Crippen molar-refractivity contribution in [3.8, 4) is 0 Å². The molecule has 0 atom stereocenters. The van der Waals surface area contributed by atoms with Crippen LogP contribution in [0.3, 0.4) is 0 Å². The molecular formula is C12H6F4N2O2. The topological polar surface area (TPSA) is 55.2 Å². The smallest absolute Gasteiger partial charge is 0.274 e. The molecule has 0 radical (unpaired) electrons. The van der Waals surface area contributed by atoms with E-state index in [-0.39, 0.29) is 11.4 Å². The molecule has 4 nitrogen and oxygen atoms in total. The Kier molecular flexibility index (Phi) is 3.55. The van der Waals surface area contributed by atoms with Crippen LogP contribution in [0.5, 0.6) is 0 Å². The third kappa shape index (κ3) is 2.85. The Bertz CT molecular complexity index is 668. The number of benzene rings is 2. The van der Waals surface area contributed by atoms with Crippen molar-refractivity contribution in [2.24, 2.45) is 0 Å².